The zero-order valence-corrected chi connectivity index (χ0v) is 13.5. The van der Waals surface area contributed by atoms with E-state index in [4.69, 9.17) is 27.9 Å². The Hall–Kier alpha value is -1.97. The van der Waals surface area contributed by atoms with Gasteiger partial charge in [-0.15, -0.1) is 0 Å². The summed E-state index contributed by atoms with van der Waals surface area (Å²) in [4.78, 5) is 15.6. The summed E-state index contributed by atoms with van der Waals surface area (Å²) in [5, 5.41) is 1.37. The third-order valence-electron chi connectivity index (χ3n) is 3.60. The maximum absolute atomic E-state index is 12.4. The first-order valence-corrected chi connectivity index (χ1v) is 7.48. The van der Waals surface area contributed by atoms with E-state index in [9.17, 15) is 4.79 Å². The van der Waals surface area contributed by atoms with Crippen molar-refractivity contribution in [3.05, 3.63) is 67.9 Å². The zero-order chi connectivity index (χ0) is 15.9. The number of benzene rings is 2. The minimum Gasteiger partial charge on any atom is -0.456 e. The molecule has 0 saturated heterocycles. The summed E-state index contributed by atoms with van der Waals surface area (Å²) in [5.41, 5.74) is 2.09. The van der Waals surface area contributed by atoms with Crippen LogP contribution in [0.2, 0.25) is 10.0 Å². The number of halogens is 2. The summed E-state index contributed by atoms with van der Waals surface area (Å²) in [6.45, 7) is 3.64. The Morgan fingerprint density at radius 2 is 1.68 bits per heavy atom. The molecule has 0 unspecified atom stereocenters. The maximum Gasteiger partial charge on any atom is 0.194 e. The molecule has 0 spiro atoms. The Morgan fingerprint density at radius 3 is 2.36 bits per heavy atom. The first kappa shape index (κ1) is 14.9. The lowest BCUT2D eigenvalue weighted by molar-refractivity contribution is 0.483. The number of nitrogens with one attached hydrogen (secondary N) is 1. The summed E-state index contributed by atoms with van der Waals surface area (Å²) in [5.74, 6) is 1.04. The molecular formula is C17H13Cl2NO2. The SMILES string of the molecule is Cc1[nH]c2ccc(Oc3ccc(Cl)cc3)c(Cl)c2c(=O)c1C. The number of rotatable bonds is 2. The first-order chi connectivity index (χ1) is 10.5. The normalized spacial score (nSPS) is 10.9. The van der Waals surface area contributed by atoms with Crippen LogP contribution in [-0.4, -0.2) is 4.98 Å². The number of hydrogen-bond acceptors (Lipinski definition) is 2. The lowest BCUT2D eigenvalue weighted by Crippen LogP contribution is -2.10. The second-order valence-electron chi connectivity index (χ2n) is 5.06. The summed E-state index contributed by atoms with van der Waals surface area (Å²) in [6.07, 6.45) is 0. The maximum atomic E-state index is 12.4. The number of ether oxygens (including phenoxy) is 1. The number of pyridine rings is 1. The molecule has 1 N–H and O–H groups in total. The van der Waals surface area contributed by atoms with Crippen molar-refractivity contribution in [2.24, 2.45) is 0 Å². The highest BCUT2D eigenvalue weighted by Crippen LogP contribution is 2.34. The van der Waals surface area contributed by atoms with Crippen LogP contribution in [0.4, 0.5) is 0 Å². The van der Waals surface area contributed by atoms with Crippen molar-refractivity contribution in [2.45, 2.75) is 13.8 Å². The van der Waals surface area contributed by atoms with Crippen LogP contribution >= 0.6 is 23.2 Å². The predicted octanol–water partition coefficient (Wildman–Crippen LogP) is 5.24. The molecule has 0 atom stereocenters. The van der Waals surface area contributed by atoms with Crippen LogP contribution in [0, 0.1) is 13.8 Å². The Labute approximate surface area is 137 Å². The van der Waals surface area contributed by atoms with Gasteiger partial charge in [0, 0.05) is 16.3 Å². The van der Waals surface area contributed by atoms with Gasteiger partial charge >= 0.3 is 0 Å². The van der Waals surface area contributed by atoms with Crippen molar-refractivity contribution in [3.63, 3.8) is 0 Å². The van der Waals surface area contributed by atoms with E-state index in [0.717, 1.165) is 5.69 Å². The van der Waals surface area contributed by atoms with Crippen LogP contribution in [0.25, 0.3) is 10.9 Å². The molecule has 0 radical (unpaired) electrons. The molecule has 0 fully saturated rings. The van der Waals surface area contributed by atoms with Crippen molar-refractivity contribution < 1.29 is 4.74 Å². The lowest BCUT2D eigenvalue weighted by atomic mass is 10.1. The summed E-state index contributed by atoms with van der Waals surface area (Å²) >= 11 is 12.2. The lowest BCUT2D eigenvalue weighted by Gasteiger charge is -2.11. The molecule has 1 heterocycles. The Morgan fingerprint density at radius 1 is 1.00 bits per heavy atom. The molecule has 112 valence electrons. The minimum absolute atomic E-state index is 0.0854. The minimum atomic E-state index is -0.0854. The van der Waals surface area contributed by atoms with Gasteiger partial charge in [-0.1, -0.05) is 23.2 Å². The molecule has 0 aliphatic carbocycles. The van der Waals surface area contributed by atoms with Crippen LogP contribution in [0.1, 0.15) is 11.3 Å². The second-order valence-corrected chi connectivity index (χ2v) is 5.87. The largest absolute Gasteiger partial charge is 0.456 e. The molecule has 0 amide bonds. The van der Waals surface area contributed by atoms with E-state index >= 15 is 0 Å². The van der Waals surface area contributed by atoms with E-state index in [2.05, 4.69) is 4.98 Å². The van der Waals surface area contributed by atoms with Gasteiger partial charge in [-0.3, -0.25) is 4.79 Å². The second kappa shape index (κ2) is 5.67. The van der Waals surface area contributed by atoms with E-state index in [-0.39, 0.29) is 5.43 Å². The smallest absolute Gasteiger partial charge is 0.194 e. The third kappa shape index (κ3) is 2.58. The van der Waals surface area contributed by atoms with E-state index in [1.165, 1.54) is 0 Å². The summed E-state index contributed by atoms with van der Waals surface area (Å²) in [7, 11) is 0. The molecule has 0 aliphatic heterocycles. The van der Waals surface area contributed by atoms with E-state index in [1.54, 1.807) is 43.3 Å². The molecule has 3 rings (SSSR count). The van der Waals surface area contributed by atoms with Gasteiger partial charge in [0.1, 0.15) is 11.5 Å². The molecule has 3 nitrogen and oxygen atoms in total. The molecule has 1 aromatic heterocycles. The van der Waals surface area contributed by atoms with Gasteiger partial charge in [-0.05, 0) is 50.2 Å². The molecule has 5 heteroatoms. The number of aryl methyl sites for hydroxylation is 1. The summed E-state index contributed by atoms with van der Waals surface area (Å²) < 4.78 is 5.75. The van der Waals surface area contributed by atoms with Gasteiger partial charge in [0.15, 0.2) is 5.43 Å². The zero-order valence-electron chi connectivity index (χ0n) is 12.0. The Kier molecular flexibility index (Phi) is 3.85. The van der Waals surface area contributed by atoms with Crippen molar-refractivity contribution in [1.82, 2.24) is 4.98 Å². The molecule has 0 saturated carbocycles. The highest BCUT2D eigenvalue weighted by molar-refractivity contribution is 6.36. The van der Waals surface area contributed by atoms with Gasteiger partial charge in [-0.2, -0.15) is 0 Å². The molecule has 0 bridgehead atoms. The highest BCUT2D eigenvalue weighted by Gasteiger charge is 2.13. The quantitative estimate of drug-likeness (QED) is 0.696. The van der Waals surface area contributed by atoms with Crippen LogP contribution in [-0.2, 0) is 0 Å². The molecule has 3 aromatic rings. The number of H-pyrrole nitrogens is 1. The third-order valence-corrected chi connectivity index (χ3v) is 4.23. The predicted molar refractivity (Wildman–Crippen MR) is 90.6 cm³/mol. The average Bonchev–Trinajstić information content (AvgIpc) is 2.50. The van der Waals surface area contributed by atoms with Crippen LogP contribution in [0.15, 0.2) is 41.2 Å². The molecular weight excluding hydrogens is 321 g/mol. The fraction of sp³-hybridized carbons (Fsp3) is 0.118. The van der Waals surface area contributed by atoms with Gasteiger partial charge < -0.3 is 9.72 Å². The number of aromatic nitrogens is 1. The number of hydrogen-bond donors (Lipinski definition) is 1. The summed E-state index contributed by atoms with van der Waals surface area (Å²) in [6, 6.07) is 10.5. The Bertz CT molecular complexity index is 915. The first-order valence-electron chi connectivity index (χ1n) is 6.72. The van der Waals surface area contributed by atoms with Crippen molar-refractivity contribution in [2.75, 3.05) is 0 Å². The van der Waals surface area contributed by atoms with Gasteiger partial charge in [-0.25, -0.2) is 0 Å². The standard InChI is InChI=1S/C17H13Cl2NO2/c1-9-10(2)20-13-7-8-14(16(19)15(13)17(9)21)22-12-5-3-11(18)4-6-12/h3-8H,1-2H3,(H,20,21). The molecule has 2 aromatic carbocycles. The van der Waals surface area contributed by atoms with Gasteiger partial charge in [0.25, 0.3) is 0 Å². The topological polar surface area (TPSA) is 42.1 Å². The van der Waals surface area contributed by atoms with E-state index in [1.807, 2.05) is 6.92 Å². The highest BCUT2D eigenvalue weighted by atomic mass is 35.5. The number of aromatic amines is 1. The monoisotopic (exact) mass is 333 g/mol. The number of fused-ring (bicyclic) bond motifs is 1. The fourth-order valence-corrected chi connectivity index (χ4v) is 2.66. The van der Waals surface area contributed by atoms with Gasteiger partial charge in [0.2, 0.25) is 0 Å². The van der Waals surface area contributed by atoms with Crippen molar-refractivity contribution in [1.29, 1.82) is 0 Å². The molecule has 0 aliphatic rings. The van der Waals surface area contributed by atoms with Crippen LogP contribution in [0.5, 0.6) is 11.5 Å². The average molecular weight is 334 g/mol. The van der Waals surface area contributed by atoms with Crippen LogP contribution in [0.3, 0.4) is 0 Å². The molecule has 22 heavy (non-hydrogen) atoms. The fourth-order valence-electron chi connectivity index (χ4n) is 2.25. The Balaban J connectivity index is 2.14. The van der Waals surface area contributed by atoms with E-state index < -0.39 is 0 Å². The van der Waals surface area contributed by atoms with Crippen molar-refractivity contribution >= 4 is 34.1 Å². The van der Waals surface area contributed by atoms with Gasteiger partial charge in [0.05, 0.1) is 15.9 Å². The van der Waals surface area contributed by atoms with Crippen molar-refractivity contribution in [3.8, 4) is 11.5 Å². The van der Waals surface area contributed by atoms with E-state index in [0.29, 0.717) is 38.0 Å². The van der Waals surface area contributed by atoms with Crippen LogP contribution < -0.4 is 10.2 Å².